The first-order chi connectivity index (χ1) is 9.06. The van der Waals surface area contributed by atoms with Crippen LogP contribution in [0.4, 0.5) is 10.1 Å². The van der Waals surface area contributed by atoms with Crippen LogP contribution >= 0.6 is 0 Å². The number of carbonyl (C=O) groups excluding carboxylic acids is 1. The van der Waals surface area contributed by atoms with Gasteiger partial charge in [0.15, 0.2) is 0 Å². The molecule has 2 rings (SSSR count). The van der Waals surface area contributed by atoms with Crippen LogP contribution in [-0.4, -0.2) is 5.91 Å². The molecule has 4 heteroatoms. The summed E-state index contributed by atoms with van der Waals surface area (Å²) < 4.78 is 13.1. The third-order valence-electron chi connectivity index (χ3n) is 2.87. The molecule has 3 nitrogen and oxygen atoms in total. The van der Waals surface area contributed by atoms with Gasteiger partial charge in [-0.05, 0) is 48.9 Å². The molecule has 0 aliphatic heterocycles. The van der Waals surface area contributed by atoms with Gasteiger partial charge in [0, 0.05) is 11.3 Å². The fourth-order valence-electron chi connectivity index (χ4n) is 1.77. The van der Waals surface area contributed by atoms with Crippen molar-refractivity contribution in [1.82, 2.24) is 5.32 Å². The molecule has 98 valence electrons. The van der Waals surface area contributed by atoms with Gasteiger partial charge < -0.3 is 11.1 Å². The molecule has 2 aromatic carbocycles. The van der Waals surface area contributed by atoms with Crippen LogP contribution in [0, 0.1) is 5.82 Å². The van der Waals surface area contributed by atoms with Gasteiger partial charge in [-0.2, -0.15) is 0 Å². The fraction of sp³-hybridized carbons (Fsp3) is 0.133. The Morgan fingerprint density at radius 1 is 1.21 bits per heavy atom. The lowest BCUT2D eigenvalue weighted by Crippen LogP contribution is -2.26. The van der Waals surface area contributed by atoms with E-state index in [9.17, 15) is 9.18 Å². The molecule has 1 atom stereocenters. The van der Waals surface area contributed by atoms with Gasteiger partial charge in [0.2, 0.25) is 0 Å². The first kappa shape index (κ1) is 13.1. The zero-order chi connectivity index (χ0) is 13.8. The molecule has 0 saturated carbocycles. The van der Waals surface area contributed by atoms with Crippen molar-refractivity contribution in [2.75, 3.05) is 5.73 Å². The summed E-state index contributed by atoms with van der Waals surface area (Å²) in [5.41, 5.74) is 7.42. The number of rotatable bonds is 3. The van der Waals surface area contributed by atoms with Crippen molar-refractivity contribution in [2.45, 2.75) is 13.0 Å². The van der Waals surface area contributed by atoms with E-state index in [0.29, 0.717) is 11.3 Å². The molecule has 0 radical (unpaired) electrons. The van der Waals surface area contributed by atoms with E-state index in [0.717, 1.165) is 5.56 Å². The topological polar surface area (TPSA) is 55.1 Å². The highest BCUT2D eigenvalue weighted by atomic mass is 19.1. The lowest BCUT2D eigenvalue weighted by atomic mass is 10.1. The molecule has 0 bridgehead atoms. The Labute approximate surface area is 111 Å². The molecule has 0 aliphatic rings. The second kappa shape index (κ2) is 5.52. The Morgan fingerprint density at radius 3 is 2.53 bits per heavy atom. The first-order valence-corrected chi connectivity index (χ1v) is 5.98. The third-order valence-corrected chi connectivity index (χ3v) is 2.87. The van der Waals surface area contributed by atoms with Crippen LogP contribution in [0.2, 0.25) is 0 Å². The summed E-state index contributed by atoms with van der Waals surface area (Å²) in [5.74, 6) is -0.525. The Morgan fingerprint density at radius 2 is 1.89 bits per heavy atom. The molecule has 0 aliphatic carbocycles. The molecule has 0 heterocycles. The quantitative estimate of drug-likeness (QED) is 0.832. The SMILES string of the molecule is C[C@H](NC(=O)c1ccc(N)cc1)c1cccc(F)c1. The second-order valence-corrected chi connectivity index (χ2v) is 4.37. The summed E-state index contributed by atoms with van der Waals surface area (Å²) in [7, 11) is 0. The maximum atomic E-state index is 13.1. The molecule has 2 aromatic rings. The first-order valence-electron chi connectivity index (χ1n) is 5.98. The van der Waals surface area contributed by atoms with Gasteiger partial charge in [0.25, 0.3) is 5.91 Å². The van der Waals surface area contributed by atoms with Crippen molar-refractivity contribution < 1.29 is 9.18 Å². The van der Waals surface area contributed by atoms with Crippen LogP contribution in [0.5, 0.6) is 0 Å². The molecule has 19 heavy (non-hydrogen) atoms. The minimum absolute atomic E-state index is 0.211. The molecular weight excluding hydrogens is 243 g/mol. The Bertz CT molecular complexity index is 581. The molecule has 0 unspecified atom stereocenters. The predicted octanol–water partition coefficient (Wildman–Crippen LogP) is 2.90. The molecule has 1 amide bonds. The van der Waals surface area contributed by atoms with Gasteiger partial charge in [0.05, 0.1) is 6.04 Å². The summed E-state index contributed by atoms with van der Waals surface area (Å²) in [6.07, 6.45) is 0. The Hall–Kier alpha value is -2.36. The summed E-state index contributed by atoms with van der Waals surface area (Å²) in [6, 6.07) is 12.6. The summed E-state index contributed by atoms with van der Waals surface area (Å²) in [5, 5.41) is 2.81. The number of benzene rings is 2. The van der Waals surface area contributed by atoms with Crippen molar-refractivity contribution in [3.05, 3.63) is 65.5 Å². The van der Waals surface area contributed by atoms with Crippen molar-refractivity contribution in [3.8, 4) is 0 Å². The normalized spacial score (nSPS) is 11.9. The lowest BCUT2D eigenvalue weighted by Gasteiger charge is -2.14. The van der Waals surface area contributed by atoms with Crippen LogP contribution in [0.15, 0.2) is 48.5 Å². The van der Waals surface area contributed by atoms with Crippen LogP contribution < -0.4 is 11.1 Å². The maximum Gasteiger partial charge on any atom is 0.251 e. The maximum absolute atomic E-state index is 13.1. The van der Waals surface area contributed by atoms with Crippen molar-refractivity contribution in [3.63, 3.8) is 0 Å². The van der Waals surface area contributed by atoms with E-state index in [1.54, 1.807) is 36.4 Å². The summed E-state index contributed by atoms with van der Waals surface area (Å²) in [4.78, 5) is 12.0. The van der Waals surface area contributed by atoms with Gasteiger partial charge in [-0.1, -0.05) is 12.1 Å². The van der Waals surface area contributed by atoms with Gasteiger partial charge in [-0.15, -0.1) is 0 Å². The minimum atomic E-state index is -0.314. The molecular formula is C15H15FN2O. The number of nitrogen functional groups attached to an aromatic ring is 1. The van der Waals surface area contributed by atoms with E-state index in [1.165, 1.54) is 12.1 Å². The minimum Gasteiger partial charge on any atom is -0.399 e. The second-order valence-electron chi connectivity index (χ2n) is 4.37. The monoisotopic (exact) mass is 258 g/mol. The van der Waals surface area contributed by atoms with Gasteiger partial charge >= 0.3 is 0 Å². The number of hydrogen-bond acceptors (Lipinski definition) is 2. The number of hydrogen-bond donors (Lipinski definition) is 2. The number of carbonyl (C=O) groups is 1. The van der Waals surface area contributed by atoms with Gasteiger partial charge in [-0.3, -0.25) is 4.79 Å². The largest absolute Gasteiger partial charge is 0.399 e. The van der Waals surface area contributed by atoms with E-state index >= 15 is 0 Å². The molecule has 0 fully saturated rings. The highest BCUT2D eigenvalue weighted by Gasteiger charge is 2.11. The van der Waals surface area contributed by atoms with E-state index < -0.39 is 0 Å². The number of amides is 1. The van der Waals surface area contributed by atoms with E-state index in [-0.39, 0.29) is 17.8 Å². The summed E-state index contributed by atoms with van der Waals surface area (Å²) in [6.45, 7) is 1.81. The van der Waals surface area contributed by atoms with Crippen LogP contribution in [0.25, 0.3) is 0 Å². The smallest absolute Gasteiger partial charge is 0.251 e. The molecule has 3 N–H and O–H groups in total. The lowest BCUT2D eigenvalue weighted by molar-refractivity contribution is 0.0940. The van der Waals surface area contributed by atoms with Gasteiger partial charge in [0.1, 0.15) is 5.82 Å². The number of anilines is 1. The molecule has 0 aromatic heterocycles. The van der Waals surface area contributed by atoms with E-state index in [4.69, 9.17) is 5.73 Å². The van der Waals surface area contributed by atoms with Crippen molar-refractivity contribution in [1.29, 1.82) is 0 Å². The zero-order valence-electron chi connectivity index (χ0n) is 10.6. The Balaban J connectivity index is 2.08. The average Bonchev–Trinajstić information content (AvgIpc) is 2.39. The van der Waals surface area contributed by atoms with Crippen molar-refractivity contribution in [2.24, 2.45) is 0 Å². The fourth-order valence-corrected chi connectivity index (χ4v) is 1.77. The zero-order valence-corrected chi connectivity index (χ0v) is 10.6. The molecule has 0 spiro atoms. The van der Waals surface area contributed by atoms with E-state index in [2.05, 4.69) is 5.32 Å². The standard InChI is InChI=1S/C15H15FN2O/c1-10(12-3-2-4-13(16)9-12)18-15(19)11-5-7-14(17)8-6-11/h2-10H,17H2,1H3,(H,18,19)/t10-/m0/s1. The van der Waals surface area contributed by atoms with Gasteiger partial charge in [-0.25, -0.2) is 4.39 Å². The highest BCUT2D eigenvalue weighted by Crippen LogP contribution is 2.14. The Kier molecular flexibility index (Phi) is 3.80. The summed E-state index contributed by atoms with van der Waals surface area (Å²) >= 11 is 0. The van der Waals surface area contributed by atoms with Crippen LogP contribution in [-0.2, 0) is 0 Å². The predicted molar refractivity (Wildman–Crippen MR) is 73.1 cm³/mol. The van der Waals surface area contributed by atoms with Crippen molar-refractivity contribution >= 4 is 11.6 Å². The number of halogens is 1. The highest BCUT2D eigenvalue weighted by molar-refractivity contribution is 5.94. The number of nitrogens with one attached hydrogen (secondary N) is 1. The van der Waals surface area contributed by atoms with Crippen LogP contribution in [0.3, 0.4) is 0 Å². The van der Waals surface area contributed by atoms with E-state index in [1.807, 2.05) is 6.92 Å². The van der Waals surface area contributed by atoms with Crippen LogP contribution in [0.1, 0.15) is 28.9 Å². The number of nitrogens with two attached hydrogens (primary N) is 1. The third kappa shape index (κ3) is 3.31. The average molecular weight is 258 g/mol. The molecule has 0 saturated heterocycles.